The highest BCUT2D eigenvalue weighted by atomic mass is 32.1. The molecule has 2 atom stereocenters. The van der Waals surface area contributed by atoms with E-state index in [0.29, 0.717) is 13.0 Å². The first-order chi connectivity index (χ1) is 17.9. The summed E-state index contributed by atoms with van der Waals surface area (Å²) in [6.07, 6.45) is 3.02. The normalized spacial score (nSPS) is 12.3. The van der Waals surface area contributed by atoms with Gasteiger partial charge in [-0.2, -0.15) is 0 Å². The summed E-state index contributed by atoms with van der Waals surface area (Å²) in [6.45, 7) is 4.59. The number of nitrogens with zero attached hydrogens (tertiary/aromatic N) is 2. The molecule has 37 heavy (non-hydrogen) atoms. The first kappa shape index (κ1) is 28.4. The van der Waals surface area contributed by atoms with Crippen LogP contribution in [0.2, 0.25) is 0 Å². The average Bonchev–Trinajstić information content (AvgIpc) is 3.44. The van der Waals surface area contributed by atoms with Crippen molar-refractivity contribution in [1.82, 2.24) is 15.6 Å². The van der Waals surface area contributed by atoms with Crippen molar-refractivity contribution in [2.24, 2.45) is 10.7 Å². The molecule has 1 unspecified atom stereocenters. The maximum atomic E-state index is 12.7. The van der Waals surface area contributed by atoms with E-state index in [1.807, 2.05) is 49.6 Å². The van der Waals surface area contributed by atoms with Crippen LogP contribution in [0, 0.1) is 5.92 Å². The Labute approximate surface area is 223 Å². The lowest BCUT2D eigenvalue weighted by Gasteiger charge is -2.14. The molecule has 2 aromatic carbocycles. The van der Waals surface area contributed by atoms with Crippen LogP contribution in [0.4, 0.5) is 4.79 Å². The molecule has 0 spiro atoms. The smallest absolute Gasteiger partial charge is 0.410 e. The number of hydrogen-bond acceptors (Lipinski definition) is 7. The van der Waals surface area contributed by atoms with E-state index in [0.717, 1.165) is 29.0 Å². The largest absolute Gasteiger partial charge is 0.611 e. The van der Waals surface area contributed by atoms with Crippen LogP contribution in [0.25, 0.3) is 10.6 Å². The molecule has 1 heterocycles. The van der Waals surface area contributed by atoms with Gasteiger partial charge in [-0.05, 0) is 36.3 Å². The molecular formula is C27H33N4O4PS. The van der Waals surface area contributed by atoms with Gasteiger partial charge in [-0.1, -0.05) is 73.2 Å². The number of benzene rings is 2. The lowest BCUT2D eigenvalue weighted by molar-refractivity contribution is -0.156. The third kappa shape index (κ3) is 10.4. The van der Waals surface area contributed by atoms with Crippen LogP contribution in [0.3, 0.4) is 0 Å². The van der Waals surface area contributed by atoms with Crippen LogP contribution in [-0.2, 0) is 22.6 Å². The van der Waals surface area contributed by atoms with Crippen LogP contribution in [0.1, 0.15) is 37.8 Å². The van der Waals surface area contributed by atoms with E-state index >= 15 is 0 Å². The molecule has 0 saturated heterocycles. The SMILES string of the molecule is CC(C)C[C@H](N=[P+]([O-])CNC(=O)OCc1ccccc1)C(=O)NCCCc1ccc(-c2nccs2)cc1. The molecule has 2 N–H and O–H groups in total. The van der Waals surface area contributed by atoms with Crippen molar-refractivity contribution in [2.75, 3.05) is 12.8 Å². The molecule has 0 radical (unpaired) electrons. The van der Waals surface area contributed by atoms with Crippen molar-refractivity contribution >= 4 is 31.3 Å². The highest BCUT2D eigenvalue weighted by molar-refractivity contribution is 7.39. The molecule has 1 aromatic heterocycles. The standard InChI is InChI=1S/C27H33N4O4PS/c1-20(2)17-24(31-36(34)19-30-27(33)35-18-22-7-4-3-5-8-22)25(32)28-14-6-9-21-10-12-23(13-11-21)26-29-15-16-37-26/h3-5,7-8,10-13,15-16,20,24H,6,9,14,17-19H2,1-2H3,(H,28,32)(H,30,33)/t24-/m0/s1. The quantitative estimate of drug-likeness (QED) is 0.231. The Kier molecular flexibility index (Phi) is 11.7. The average molecular weight is 541 g/mol. The molecule has 8 nitrogen and oxygen atoms in total. The molecular weight excluding hydrogens is 507 g/mol. The molecule has 2 amide bonds. The number of aryl methyl sites for hydroxylation is 1. The maximum Gasteiger partial charge on any atom is 0.410 e. The topological polar surface area (TPSA) is 116 Å². The first-order valence-electron chi connectivity index (χ1n) is 12.3. The molecule has 0 fully saturated rings. The number of nitrogens with one attached hydrogen (secondary N) is 2. The van der Waals surface area contributed by atoms with Crippen LogP contribution >= 0.6 is 19.3 Å². The molecule has 10 heteroatoms. The fraction of sp³-hybridized carbons (Fsp3) is 0.370. The zero-order chi connectivity index (χ0) is 26.5. The van der Waals surface area contributed by atoms with Gasteiger partial charge in [0.2, 0.25) is 5.91 Å². The number of carbonyl (C=O) groups is 2. The zero-order valence-corrected chi connectivity index (χ0v) is 22.8. The second kappa shape index (κ2) is 15.2. The molecule has 0 bridgehead atoms. The van der Waals surface area contributed by atoms with Gasteiger partial charge in [-0.25, -0.2) is 9.78 Å². The van der Waals surface area contributed by atoms with Gasteiger partial charge in [0.05, 0.1) is 0 Å². The summed E-state index contributed by atoms with van der Waals surface area (Å²) in [6, 6.07) is 16.8. The van der Waals surface area contributed by atoms with E-state index in [1.54, 1.807) is 17.5 Å². The fourth-order valence-corrected chi connectivity index (χ4v) is 5.06. The molecule has 0 aliphatic carbocycles. The van der Waals surface area contributed by atoms with Gasteiger partial charge in [-0.15, -0.1) is 11.3 Å². The second-order valence-corrected chi connectivity index (χ2v) is 11.1. The third-order valence-corrected chi connectivity index (χ3v) is 7.20. The van der Waals surface area contributed by atoms with E-state index in [1.165, 1.54) is 5.56 Å². The Balaban J connectivity index is 1.41. The molecule has 0 aliphatic heterocycles. The minimum atomic E-state index is -2.16. The minimum Gasteiger partial charge on any atom is -0.611 e. The zero-order valence-electron chi connectivity index (χ0n) is 21.1. The number of carbonyl (C=O) groups excluding carboxylic acids is 2. The summed E-state index contributed by atoms with van der Waals surface area (Å²) >= 11 is 1.61. The summed E-state index contributed by atoms with van der Waals surface area (Å²) in [5, 5.41) is 8.33. The number of aromatic nitrogens is 1. The van der Waals surface area contributed by atoms with Crippen LogP contribution in [0.5, 0.6) is 0 Å². The van der Waals surface area contributed by atoms with Gasteiger partial charge >= 0.3 is 6.09 Å². The van der Waals surface area contributed by atoms with E-state index in [4.69, 9.17) is 4.74 Å². The van der Waals surface area contributed by atoms with Gasteiger partial charge in [0.25, 0.3) is 0 Å². The lowest BCUT2D eigenvalue weighted by atomic mass is 10.0. The van der Waals surface area contributed by atoms with Gasteiger partial charge < -0.3 is 14.9 Å². The van der Waals surface area contributed by atoms with Gasteiger partial charge in [-0.3, -0.25) is 10.1 Å². The molecule has 196 valence electrons. The number of rotatable bonds is 13. The third-order valence-electron chi connectivity index (χ3n) is 5.41. The Morgan fingerprint density at radius 3 is 2.51 bits per heavy atom. The highest BCUT2D eigenvalue weighted by Gasteiger charge is 2.22. The second-order valence-electron chi connectivity index (χ2n) is 8.94. The monoisotopic (exact) mass is 540 g/mol. The number of alkyl carbamates (subject to hydrolysis) is 1. The van der Waals surface area contributed by atoms with Crippen molar-refractivity contribution in [3.05, 3.63) is 77.3 Å². The van der Waals surface area contributed by atoms with E-state index in [9.17, 15) is 14.5 Å². The summed E-state index contributed by atoms with van der Waals surface area (Å²) in [4.78, 5) is 41.4. The number of ether oxygens (including phenoxy) is 1. The number of hydrogen-bond donors (Lipinski definition) is 2. The van der Waals surface area contributed by atoms with E-state index < -0.39 is 20.1 Å². The minimum absolute atomic E-state index is 0.120. The van der Waals surface area contributed by atoms with Crippen molar-refractivity contribution in [1.29, 1.82) is 0 Å². The van der Waals surface area contributed by atoms with Gasteiger partial charge in [0.15, 0.2) is 20.3 Å². The summed E-state index contributed by atoms with van der Waals surface area (Å²) < 4.78 is 9.32. The fourth-order valence-electron chi connectivity index (χ4n) is 3.56. The molecule has 3 aromatic rings. The predicted octanol–water partition coefficient (Wildman–Crippen LogP) is 5.10. The van der Waals surface area contributed by atoms with Gasteiger partial charge in [0.1, 0.15) is 11.6 Å². The Bertz CT molecular complexity index is 1140. The Morgan fingerprint density at radius 2 is 1.84 bits per heavy atom. The van der Waals surface area contributed by atoms with E-state index in [2.05, 4.69) is 44.6 Å². The molecule has 3 rings (SSSR count). The van der Waals surface area contributed by atoms with Gasteiger partial charge in [0, 0.05) is 23.7 Å². The highest BCUT2D eigenvalue weighted by Crippen LogP contribution is 2.22. The van der Waals surface area contributed by atoms with E-state index in [-0.39, 0.29) is 24.7 Å². The first-order valence-corrected chi connectivity index (χ1v) is 14.5. The summed E-state index contributed by atoms with van der Waals surface area (Å²) in [7, 11) is -2.16. The van der Waals surface area contributed by atoms with Crippen molar-refractivity contribution in [2.45, 2.75) is 45.8 Å². The predicted molar refractivity (Wildman–Crippen MR) is 146 cm³/mol. The van der Waals surface area contributed by atoms with Crippen LogP contribution < -0.4 is 15.5 Å². The lowest BCUT2D eigenvalue weighted by Crippen LogP contribution is -2.35. The number of thiazole rings is 1. The number of amides is 2. The van der Waals surface area contributed by atoms with Crippen LogP contribution in [0.15, 0.2) is 70.9 Å². The summed E-state index contributed by atoms with van der Waals surface area (Å²) in [5.74, 6) is -0.0501. The maximum absolute atomic E-state index is 12.7. The Hall–Kier alpha value is -3.13. The van der Waals surface area contributed by atoms with Crippen molar-refractivity contribution < 1.29 is 19.2 Å². The summed E-state index contributed by atoms with van der Waals surface area (Å²) in [5.41, 5.74) is 3.14. The molecule has 0 aliphatic rings. The molecule has 0 saturated carbocycles. The van der Waals surface area contributed by atoms with Crippen LogP contribution in [-0.4, -0.2) is 35.9 Å². The van der Waals surface area contributed by atoms with Crippen molar-refractivity contribution in [3.63, 3.8) is 0 Å². The Morgan fingerprint density at radius 1 is 1.08 bits per heavy atom. The van der Waals surface area contributed by atoms with Crippen molar-refractivity contribution in [3.8, 4) is 10.6 Å².